The summed E-state index contributed by atoms with van der Waals surface area (Å²) in [6.45, 7) is 8.25. The molecule has 1 aliphatic rings. The van der Waals surface area contributed by atoms with Gasteiger partial charge in [0.2, 0.25) is 0 Å². The van der Waals surface area contributed by atoms with Crippen molar-refractivity contribution in [2.45, 2.75) is 19.8 Å². The number of hydrogen-bond acceptors (Lipinski definition) is 2. The molecule has 1 saturated heterocycles. The molecule has 72 valence electrons. The fourth-order valence-corrected chi connectivity index (χ4v) is 1.62. The molecule has 0 bridgehead atoms. The third-order valence-electron chi connectivity index (χ3n) is 2.40. The largest absolute Gasteiger partial charge is 0.317 e. The fraction of sp³-hybridized carbons (Fsp3) is 0.545. The predicted molar refractivity (Wildman–Crippen MR) is 62.1 cm³/mol. The van der Waals surface area contributed by atoms with Crippen LogP contribution in [0, 0.1) is 5.92 Å². The van der Waals surface area contributed by atoms with Crippen LogP contribution in [-0.4, -0.2) is 18.0 Å². The third-order valence-corrected chi connectivity index (χ3v) is 2.53. The molecule has 0 radical (unpaired) electrons. The summed E-state index contributed by atoms with van der Waals surface area (Å²) < 4.78 is 0. The van der Waals surface area contributed by atoms with Crippen LogP contribution >= 0.6 is 12.2 Å². The minimum absolute atomic E-state index is 0.659. The third kappa shape index (κ3) is 3.83. The van der Waals surface area contributed by atoms with Crippen molar-refractivity contribution in [3.63, 3.8) is 0 Å². The summed E-state index contributed by atoms with van der Waals surface area (Å²) in [5.74, 6) is 0.659. The fourth-order valence-electron chi connectivity index (χ4n) is 1.55. The summed E-state index contributed by atoms with van der Waals surface area (Å²) in [7, 11) is 0. The minimum Gasteiger partial charge on any atom is -0.317 e. The van der Waals surface area contributed by atoms with Crippen molar-refractivity contribution in [1.82, 2.24) is 5.32 Å². The van der Waals surface area contributed by atoms with Crippen LogP contribution in [0.15, 0.2) is 24.3 Å². The van der Waals surface area contributed by atoms with Gasteiger partial charge in [0, 0.05) is 4.86 Å². The molecule has 0 unspecified atom stereocenters. The van der Waals surface area contributed by atoms with Gasteiger partial charge in [0.25, 0.3) is 0 Å². The Kier molecular flexibility index (Phi) is 4.33. The molecule has 0 saturated carbocycles. The molecule has 1 rings (SSSR count). The number of rotatable bonds is 3. The van der Waals surface area contributed by atoms with Gasteiger partial charge in [-0.15, -0.1) is 0 Å². The first-order valence-electron chi connectivity index (χ1n) is 4.78. The highest BCUT2D eigenvalue weighted by Crippen LogP contribution is 2.20. The average molecular weight is 195 g/mol. The lowest BCUT2D eigenvalue weighted by Crippen LogP contribution is -2.28. The molecule has 1 heterocycles. The van der Waals surface area contributed by atoms with E-state index in [2.05, 4.69) is 18.0 Å². The molecule has 1 nitrogen and oxygen atoms in total. The number of allylic oxidation sites excluding steroid dienone is 3. The zero-order valence-electron chi connectivity index (χ0n) is 8.18. The highest BCUT2D eigenvalue weighted by molar-refractivity contribution is 7.80. The first-order valence-corrected chi connectivity index (χ1v) is 5.19. The van der Waals surface area contributed by atoms with E-state index in [1.54, 1.807) is 0 Å². The van der Waals surface area contributed by atoms with Crippen molar-refractivity contribution in [2.75, 3.05) is 13.1 Å². The Balaban J connectivity index is 2.41. The van der Waals surface area contributed by atoms with Gasteiger partial charge in [-0.2, -0.15) is 0 Å². The second-order valence-electron chi connectivity index (χ2n) is 3.54. The maximum Gasteiger partial charge on any atom is 0.0121 e. The summed E-state index contributed by atoms with van der Waals surface area (Å²) in [6.07, 6.45) is 6.46. The van der Waals surface area contributed by atoms with E-state index >= 15 is 0 Å². The second-order valence-corrected chi connectivity index (χ2v) is 4.19. The Labute approximate surface area is 85.9 Å². The molecular weight excluding hydrogens is 178 g/mol. The van der Waals surface area contributed by atoms with Crippen molar-refractivity contribution in [3.8, 4) is 0 Å². The van der Waals surface area contributed by atoms with E-state index in [1.165, 1.54) is 18.4 Å². The van der Waals surface area contributed by atoms with Crippen LogP contribution in [0.3, 0.4) is 0 Å². The van der Waals surface area contributed by atoms with Gasteiger partial charge in [0.05, 0.1) is 0 Å². The molecule has 0 aromatic rings. The topological polar surface area (TPSA) is 12.0 Å². The number of piperidine rings is 1. The molecule has 2 heteroatoms. The zero-order valence-corrected chi connectivity index (χ0v) is 8.99. The van der Waals surface area contributed by atoms with Crippen molar-refractivity contribution < 1.29 is 0 Å². The van der Waals surface area contributed by atoms with E-state index < -0.39 is 0 Å². The minimum atomic E-state index is 0.659. The molecular formula is C11H17NS. The smallest absolute Gasteiger partial charge is 0.0121 e. The van der Waals surface area contributed by atoms with E-state index in [1.807, 2.05) is 13.0 Å². The summed E-state index contributed by atoms with van der Waals surface area (Å²) in [4.78, 5) is 0.926. The molecule has 0 aliphatic carbocycles. The zero-order chi connectivity index (χ0) is 9.68. The molecule has 1 aliphatic heterocycles. The normalized spacial score (nSPS) is 19.2. The lowest BCUT2D eigenvalue weighted by atomic mass is 9.90. The molecule has 0 aromatic heterocycles. The van der Waals surface area contributed by atoms with Gasteiger partial charge in [-0.25, -0.2) is 0 Å². The maximum atomic E-state index is 4.98. The Morgan fingerprint density at radius 1 is 1.38 bits per heavy atom. The lowest BCUT2D eigenvalue weighted by Gasteiger charge is -2.22. The van der Waals surface area contributed by atoms with E-state index in [-0.39, 0.29) is 0 Å². The van der Waals surface area contributed by atoms with Gasteiger partial charge in [-0.3, -0.25) is 0 Å². The van der Waals surface area contributed by atoms with Crippen LogP contribution in [0.25, 0.3) is 0 Å². The van der Waals surface area contributed by atoms with Crippen molar-refractivity contribution in [3.05, 3.63) is 24.3 Å². The second kappa shape index (κ2) is 5.30. The van der Waals surface area contributed by atoms with Gasteiger partial charge in [0.15, 0.2) is 0 Å². The predicted octanol–water partition coefficient (Wildman–Crippen LogP) is 2.49. The molecule has 1 N–H and O–H groups in total. The van der Waals surface area contributed by atoms with Gasteiger partial charge in [-0.1, -0.05) is 30.4 Å². The van der Waals surface area contributed by atoms with Crippen molar-refractivity contribution >= 4 is 17.1 Å². The molecule has 0 aromatic carbocycles. The summed E-state index contributed by atoms with van der Waals surface area (Å²) in [5.41, 5.74) is 1.23. The van der Waals surface area contributed by atoms with Crippen molar-refractivity contribution in [1.29, 1.82) is 0 Å². The lowest BCUT2D eigenvalue weighted by molar-refractivity contribution is 0.426. The van der Waals surface area contributed by atoms with Crippen LogP contribution in [-0.2, 0) is 0 Å². The van der Waals surface area contributed by atoms with E-state index in [0.717, 1.165) is 18.0 Å². The average Bonchev–Trinajstić information content (AvgIpc) is 2.15. The van der Waals surface area contributed by atoms with Gasteiger partial charge in [-0.05, 0) is 44.8 Å². The van der Waals surface area contributed by atoms with Gasteiger partial charge >= 0.3 is 0 Å². The van der Waals surface area contributed by atoms with Gasteiger partial charge in [0.1, 0.15) is 0 Å². The van der Waals surface area contributed by atoms with Crippen LogP contribution in [0.5, 0.6) is 0 Å². The molecule has 0 spiro atoms. The Bertz CT molecular complexity index is 224. The Morgan fingerprint density at radius 3 is 2.54 bits per heavy atom. The Hall–Kier alpha value is -0.470. The Morgan fingerprint density at radius 2 is 2.00 bits per heavy atom. The highest BCUT2D eigenvalue weighted by atomic mass is 32.1. The van der Waals surface area contributed by atoms with Gasteiger partial charge < -0.3 is 5.32 Å². The number of thiocarbonyl (C=S) groups is 1. The van der Waals surface area contributed by atoms with E-state index in [0.29, 0.717) is 5.92 Å². The summed E-state index contributed by atoms with van der Waals surface area (Å²) in [5, 5.41) is 3.34. The quantitative estimate of drug-likeness (QED) is 0.422. The monoisotopic (exact) mass is 195 g/mol. The number of hydrogen-bond donors (Lipinski definition) is 1. The van der Waals surface area contributed by atoms with E-state index in [4.69, 9.17) is 12.2 Å². The first-order chi connectivity index (χ1) is 6.20. The van der Waals surface area contributed by atoms with Crippen molar-refractivity contribution in [2.24, 2.45) is 5.92 Å². The number of nitrogens with one attached hydrogen (secondary N) is 1. The molecule has 13 heavy (non-hydrogen) atoms. The van der Waals surface area contributed by atoms with Crippen LogP contribution < -0.4 is 5.32 Å². The SMILES string of the molecule is C=C(/C=C\C(C)=S)C1CCNCC1. The molecule has 0 amide bonds. The summed E-state index contributed by atoms with van der Waals surface area (Å²) in [6, 6.07) is 0. The maximum absolute atomic E-state index is 4.98. The van der Waals surface area contributed by atoms with E-state index in [9.17, 15) is 0 Å². The van der Waals surface area contributed by atoms with Crippen LogP contribution in [0.1, 0.15) is 19.8 Å². The van der Waals surface area contributed by atoms with Crippen LogP contribution in [0.2, 0.25) is 0 Å². The molecule has 1 fully saturated rings. The highest BCUT2D eigenvalue weighted by Gasteiger charge is 2.13. The standard InChI is InChI=1S/C11H17NS/c1-9(3-4-10(2)13)11-5-7-12-8-6-11/h3-4,11-12H,1,5-8H2,2H3/b4-3-. The summed E-state index contributed by atoms with van der Waals surface area (Å²) >= 11 is 4.98. The van der Waals surface area contributed by atoms with Crippen LogP contribution in [0.4, 0.5) is 0 Å². The molecule has 0 atom stereocenters. The first kappa shape index (κ1) is 10.6.